The molecule has 2 aromatic rings. The van der Waals surface area contributed by atoms with Crippen LogP contribution in [0.1, 0.15) is 11.4 Å². The maximum absolute atomic E-state index is 5.29. The highest BCUT2D eigenvalue weighted by atomic mass is 15.0. The van der Waals surface area contributed by atoms with Gasteiger partial charge in [-0.25, -0.2) is 4.98 Å². The van der Waals surface area contributed by atoms with E-state index in [-0.39, 0.29) is 0 Å². The molecule has 0 aliphatic rings. The topological polar surface area (TPSA) is 17.3 Å². The Morgan fingerprint density at radius 2 is 2.38 bits per heavy atom. The van der Waals surface area contributed by atoms with Crippen molar-refractivity contribution >= 4 is 5.65 Å². The smallest absolute Gasteiger partial charge is 0.137 e. The maximum atomic E-state index is 5.29. The molecule has 0 bridgehead atoms. The van der Waals surface area contributed by atoms with Crippen molar-refractivity contribution in [2.75, 3.05) is 0 Å². The van der Waals surface area contributed by atoms with E-state index in [1.807, 2.05) is 35.7 Å². The van der Waals surface area contributed by atoms with Crippen LogP contribution in [-0.4, -0.2) is 9.38 Å². The Bertz CT molecular complexity index is 474. The second kappa shape index (κ2) is 2.95. The second-order valence-corrected chi connectivity index (χ2v) is 2.95. The number of terminal acetylenes is 1. The van der Waals surface area contributed by atoms with Crippen molar-refractivity contribution in [2.24, 2.45) is 0 Å². The van der Waals surface area contributed by atoms with Gasteiger partial charge in [0.2, 0.25) is 0 Å². The van der Waals surface area contributed by atoms with Gasteiger partial charge in [0, 0.05) is 6.20 Å². The molecule has 2 heterocycles. The molecule has 2 nitrogen and oxygen atoms in total. The molecular formula is C11H10N2. The first-order valence-corrected chi connectivity index (χ1v) is 4.19. The van der Waals surface area contributed by atoms with E-state index in [9.17, 15) is 0 Å². The highest BCUT2D eigenvalue weighted by molar-refractivity contribution is 5.43. The first-order chi connectivity index (χ1) is 6.33. The van der Waals surface area contributed by atoms with Crippen molar-refractivity contribution in [3.05, 3.63) is 35.8 Å². The van der Waals surface area contributed by atoms with Crippen molar-refractivity contribution in [3.63, 3.8) is 0 Å². The summed E-state index contributed by atoms with van der Waals surface area (Å²) >= 11 is 0. The standard InChI is InChI=1S/C11H10N2/c1-3-6-10-9(2)12-11-7-4-5-8-13(10)11/h1,4-5,7-8H,6H2,2H3. The van der Waals surface area contributed by atoms with Crippen LogP contribution in [0.15, 0.2) is 24.4 Å². The van der Waals surface area contributed by atoms with Gasteiger partial charge in [-0.3, -0.25) is 0 Å². The van der Waals surface area contributed by atoms with Gasteiger partial charge in [0.15, 0.2) is 0 Å². The number of aryl methyl sites for hydroxylation is 1. The summed E-state index contributed by atoms with van der Waals surface area (Å²) in [5.41, 5.74) is 3.09. The van der Waals surface area contributed by atoms with E-state index in [0.717, 1.165) is 17.0 Å². The van der Waals surface area contributed by atoms with E-state index in [0.29, 0.717) is 6.42 Å². The third-order valence-electron chi connectivity index (χ3n) is 2.10. The summed E-state index contributed by atoms with van der Waals surface area (Å²) in [7, 11) is 0. The zero-order valence-electron chi connectivity index (χ0n) is 7.49. The Hall–Kier alpha value is -1.75. The number of imidazole rings is 1. The van der Waals surface area contributed by atoms with Gasteiger partial charge < -0.3 is 4.40 Å². The largest absolute Gasteiger partial charge is 0.303 e. The molecule has 2 aromatic heterocycles. The molecule has 2 heteroatoms. The second-order valence-electron chi connectivity index (χ2n) is 2.95. The van der Waals surface area contributed by atoms with Crippen LogP contribution in [-0.2, 0) is 6.42 Å². The number of nitrogens with zero attached hydrogens (tertiary/aromatic N) is 2. The Kier molecular flexibility index (Phi) is 1.79. The van der Waals surface area contributed by atoms with Crippen molar-refractivity contribution in [2.45, 2.75) is 13.3 Å². The molecule has 0 atom stereocenters. The first kappa shape index (κ1) is 7.88. The Morgan fingerprint density at radius 1 is 1.54 bits per heavy atom. The highest BCUT2D eigenvalue weighted by Gasteiger charge is 2.05. The highest BCUT2D eigenvalue weighted by Crippen LogP contribution is 2.11. The summed E-state index contributed by atoms with van der Waals surface area (Å²) in [5.74, 6) is 2.64. The SMILES string of the molecule is C#CCc1c(C)nc2ccccn12. The predicted molar refractivity (Wildman–Crippen MR) is 52.5 cm³/mol. The van der Waals surface area contributed by atoms with Gasteiger partial charge in [-0.2, -0.15) is 0 Å². The molecule has 0 aromatic carbocycles. The molecule has 2 rings (SSSR count). The quantitative estimate of drug-likeness (QED) is 0.597. The first-order valence-electron chi connectivity index (χ1n) is 4.19. The lowest BCUT2D eigenvalue weighted by molar-refractivity contribution is 1.05. The van der Waals surface area contributed by atoms with E-state index in [4.69, 9.17) is 6.42 Å². The molecule has 0 fully saturated rings. The van der Waals surface area contributed by atoms with Crippen LogP contribution in [0.2, 0.25) is 0 Å². The van der Waals surface area contributed by atoms with E-state index in [1.165, 1.54) is 0 Å². The number of pyridine rings is 1. The molecule has 64 valence electrons. The Balaban J connectivity index is 2.73. The minimum absolute atomic E-state index is 0.636. The van der Waals surface area contributed by atoms with Gasteiger partial charge in [-0.15, -0.1) is 12.3 Å². The van der Waals surface area contributed by atoms with Crippen molar-refractivity contribution in [1.29, 1.82) is 0 Å². The van der Waals surface area contributed by atoms with Crippen LogP contribution in [0.4, 0.5) is 0 Å². The molecule has 0 saturated heterocycles. The lowest BCUT2D eigenvalue weighted by atomic mass is 10.3. The maximum Gasteiger partial charge on any atom is 0.137 e. The van der Waals surface area contributed by atoms with Gasteiger partial charge >= 0.3 is 0 Å². The summed E-state index contributed by atoms with van der Waals surface area (Å²) in [6, 6.07) is 5.93. The van der Waals surface area contributed by atoms with Crippen LogP contribution in [0.5, 0.6) is 0 Å². The Labute approximate surface area is 77.2 Å². The molecule has 0 saturated carbocycles. The van der Waals surface area contributed by atoms with E-state index < -0.39 is 0 Å². The summed E-state index contributed by atoms with van der Waals surface area (Å²) in [4.78, 5) is 4.40. The Morgan fingerprint density at radius 3 is 3.15 bits per heavy atom. The zero-order valence-corrected chi connectivity index (χ0v) is 7.49. The molecule has 0 spiro atoms. The molecule has 0 unspecified atom stereocenters. The molecule has 0 amide bonds. The number of fused-ring (bicyclic) bond motifs is 1. The molecule has 0 N–H and O–H groups in total. The van der Waals surface area contributed by atoms with Gasteiger partial charge in [-0.1, -0.05) is 6.07 Å². The summed E-state index contributed by atoms with van der Waals surface area (Å²) < 4.78 is 2.04. The normalized spacial score (nSPS) is 10.2. The molecule has 0 radical (unpaired) electrons. The minimum Gasteiger partial charge on any atom is -0.303 e. The molecule has 0 aliphatic carbocycles. The van der Waals surface area contributed by atoms with Crippen LogP contribution in [0.3, 0.4) is 0 Å². The van der Waals surface area contributed by atoms with Crippen molar-refractivity contribution in [3.8, 4) is 12.3 Å². The van der Waals surface area contributed by atoms with Crippen LogP contribution in [0, 0.1) is 19.3 Å². The van der Waals surface area contributed by atoms with E-state index in [2.05, 4.69) is 10.9 Å². The predicted octanol–water partition coefficient (Wildman–Crippen LogP) is 1.82. The van der Waals surface area contributed by atoms with Crippen LogP contribution >= 0.6 is 0 Å². The van der Waals surface area contributed by atoms with Gasteiger partial charge in [0.1, 0.15) is 5.65 Å². The average Bonchev–Trinajstić information content (AvgIpc) is 2.44. The van der Waals surface area contributed by atoms with Crippen LogP contribution in [0.25, 0.3) is 5.65 Å². The van der Waals surface area contributed by atoms with Gasteiger partial charge in [0.25, 0.3) is 0 Å². The van der Waals surface area contributed by atoms with E-state index >= 15 is 0 Å². The third kappa shape index (κ3) is 1.19. The monoisotopic (exact) mass is 170 g/mol. The van der Waals surface area contributed by atoms with Gasteiger partial charge in [0.05, 0.1) is 17.8 Å². The number of aromatic nitrogens is 2. The fourth-order valence-corrected chi connectivity index (χ4v) is 1.47. The number of rotatable bonds is 1. The van der Waals surface area contributed by atoms with Gasteiger partial charge in [-0.05, 0) is 19.1 Å². The third-order valence-corrected chi connectivity index (χ3v) is 2.10. The van der Waals surface area contributed by atoms with E-state index in [1.54, 1.807) is 0 Å². The lowest BCUT2D eigenvalue weighted by Crippen LogP contribution is -1.91. The van der Waals surface area contributed by atoms with Crippen molar-refractivity contribution in [1.82, 2.24) is 9.38 Å². The summed E-state index contributed by atoms with van der Waals surface area (Å²) in [6.45, 7) is 1.99. The number of hydrogen-bond acceptors (Lipinski definition) is 1. The van der Waals surface area contributed by atoms with Crippen LogP contribution < -0.4 is 0 Å². The molecule has 13 heavy (non-hydrogen) atoms. The minimum atomic E-state index is 0.636. The lowest BCUT2D eigenvalue weighted by Gasteiger charge is -1.96. The number of hydrogen-bond donors (Lipinski definition) is 0. The molecular weight excluding hydrogens is 160 g/mol. The molecule has 0 aliphatic heterocycles. The fourth-order valence-electron chi connectivity index (χ4n) is 1.47. The zero-order chi connectivity index (χ0) is 9.26. The van der Waals surface area contributed by atoms with Crippen molar-refractivity contribution < 1.29 is 0 Å². The average molecular weight is 170 g/mol. The summed E-state index contributed by atoms with van der Waals surface area (Å²) in [5, 5.41) is 0. The fraction of sp³-hybridized carbons (Fsp3) is 0.182. The summed E-state index contributed by atoms with van der Waals surface area (Å²) in [6.07, 6.45) is 7.91.